The maximum Gasteiger partial charge on any atom is 0.155 e. The second kappa shape index (κ2) is 6.78. The summed E-state index contributed by atoms with van der Waals surface area (Å²) >= 11 is 0. The third-order valence-electron chi connectivity index (χ3n) is 4.14. The first-order valence-corrected chi connectivity index (χ1v) is 8.12. The Labute approximate surface area is 142 Å². The van der Waals surface area contributed by atoms with Crippen LogP contribution >= 0.6 is 0 Å². The first-order chi connectivity index (χ1) is 11.6. The molecule has 1 aromatic heterocycles. The Balaban J connectivity index is 2.07. The number of aromatic nitrogens is 2. The number of nitrogens with one attached hydrogen (secondary N) is 3. The Morgan fingerprint density at radius 2 is 2.04 bits per heavy atom. The van der Waals surface area contributed by atoms with E-state index in [1.54, 1.807) is 7.11 Å². The van der Waals surface area contributed by atoms with Crippen LogP contribution in [0.4, 0.5) is 5.82 Å². The number of hydrazone groups is 1. The van der Waals surface area contributed by atoms with Crippen molar-refractivity contribution < 1.29 is 4.74 Å². The van der Waals surface area contributed by atoms with Crippen molar-refractivity contribution >= 4 is 17.6 Å². The van der Waals surface area contributed by atoms with Gasteiger partial charge in [0.1, 0.15) is 5.75 Å². The molecular weight excluding hydrogens is 302 g/mol. The van der Waals surface area contributed by atoms with E-state index >= 15 is 0 Å². The van der Waals surface area contributed by atoms with Gasteiger partial charge < -0.3 is 15.5 Å². The maximum absolute atomic E-state index is 5.24. The number of anilines is 1. The van der Waals surface area contributed by atoms with Crippen molar-refractivity contribution in [2.24, 2.45) is 5.10 Å². The summed E-state index contributed by atoms with van der Waals surface area (Å²) in [6, 6.07) is 8.15. The van der Waals surface area contributed by atoms with Crippen LogP contribution in [-0.4, -0.2) is 35.6 Å². The van der Waals surface area contributed by atoms with Crippen molar-refractivity contribution in [2.75, 3.05) is 19.0 Å². The van der Waals surface area contributed by atoms with E-state index in [1.807, 2.05) is 31.2 Å². The zero-order chi connectivity index (χ0) is 17.1. The highest BCUT2D eigenvalue weighted by Gasteiger charge is 2.20. The average Bonchev–Trinajstić information content (AvgIpc) is 3.14. The molecule has 1 aliphatic rings. The Hall–Kier alpha value is -2.76. The minimum absolute atomic E-state index is 0.193. The lowest BCUT2D eigenvalue weighted by molar-refractivity contribution is 0.415. The van der Waals surface area contributed by atoms with Crippen LogP contribution in [0.5, 0.6) is 5.75 Å². The van der Waals surface area contributed by atoms with Crippen molar-refractivity contribution in [1.82, 2.24) is 15.6 Å². The molecule has 2 heterocycles. The van der Waals surface area contributed by atoms with Gasteiger partial charge in [-0.25, -0.2) is 0 Å². The van der Waals surface area contributed by atoms with Crippen LogP contribution in [0, 0.1) is 0 Å². The monoisotopic (exact) mass is 325 g/mol. The number of aromatic amines is 1. The second-order valence-electron chi connectivity index (χ2n) is 5.77. The van der Waals surface area contributed by atoms with Gasteiger partial charge >= 0.3 is 0 Å². The van der Waals surface area contributed by atoms with Crippen LogP contribution in [-0.2, 0) is 0 Å². The Bertz CT molecular complexity index is 773. The predicted octanol–water partition coefficient (Wildman–Crippen LogP) is 3.27. The fourth-order valence-electron chi connectivity index (χ4n) is 2.80. The van der Waals surface area contributed by atoms with Gasteiger partial charge in [0.05, 0.1) is 24.6 Å². The highest BCUT2D eigenvalue weighted by Crippen LogP contribution is 2.31. The van der Waals surface area contributed by atoms with Gasteiger partial charge in [-0.1, -0.05) is 0 Å². The van der Waals surface area contributed by atoms with Crippen LogP contribution in [0.2, 0.25) is 0 Å². The third-order valence-corrected chi connectivity index (χ3v) is 4.14. The molecule has 6 nitrogen and oxygen atoms in total. The number of methoxy groups -OCH3 is 1. The van der Waals surface area contributed by atoms with Crippen LogP contribution < -0.4 is 15.5 Å². The zero-order valence-electron chi connectivity index (χ0n) is 14.5. The minimum atomic E-state index is 0.193. The molecule has 0 amide bonds. The van der Waals surface area contributed by atoms with E-state index in [0.29, 0.717) is 0 Å². The number of hydrogen-bond acceptors (Lipinski definition) is 5. The van der Waals surface area contributed by atoms with E-state index in [2.05, 4.69) is 46.0 Å². The van der Waals surface area contributed by atoms with Gasteiger partial charge in [-0.15, -0.1) is 0 Å². The number of benzene rings is 1. The summed E-state index contributed by atoms with van der Waals surface area (Å²) in [7, 11) is 1.67. The summed E-state index contributed by atoms with van der Waals surface area (Å²) in [6.45, 7) is 6.99. The molecule has 0 saturated heterocycles. The van der Waals surface area contributed by atoms with Crippen LogP contribution in [0.25, 0.3) is 17.3 Å². The number of hydrogen-bond donors (Lipinski definition) is 3. The summed E-state index contributed by atoms with van der Waals surface area (Å²) in [4.78, 5) is 0. The van der Waals surface area contributed by atoms with Crippen LogP contribution in [0.1, 0.15) is 26.3 Å². The fraction of sp³-hybridized carbons (Fsp3) is 0.333. The molecule has 0 spiro atoms. The van der Waals surface area contributed by atoms with Gasteiger partial charge in [-0.2, -0.15) is 10.2 Å². The molecule has 0 radical (unpaired) electrons. The fourth-order valence-corrected chi connectivity index (χ4v) is 2.80. The lowest BCUT2D eigenvalue weighted by atomic mass is 10.00. The SMILES string of the molecule is CCNc1n[nH]c(-c2ccc(OC)cc2)c1/C=C1/C(C)=NNC1C. The normalized spacial score (nSPS) is 18.4. The van der Waals surface area contributed by atoms with E-state index in [0.717, 1.165) is 40.6 Å². The highest BCUT2D eigenvalue weighted by molar-refractivity contribution is 6.05. The van der Waals surface area contributed by atoms with E-state index < -0.39 is 0 Å². The molecule has 3 N–H and O–H groups in total. The number of H-pyrrole nitrogens is 1. The Morgan fingerprint density at radius 3 is 2.62 bits per heavy atom. The summed E-state index contributed by atoms with van der Waals surface area (Å²) in [5.41, 5.74) is 8.37. The highest BCUT2D eigenvalue weighted by atomic mass is 16.5. The third kappa shape index (κ3) is 2.99. The standard InChI is InChI=1S/C18H23N5O/c1-5-19-18-16(10-15-11(2)20-21-12(15)3)17(22-23-18)13-6-8-14(24-4)9-7-13/h6-11,20H,5H2,1-4H3,(H2,19,22,23)/b15-10+. The molecule has 0 bridgehead atoms. The van der Waals surface area contributed by atoms with Crippen molar-refractivity contribution in [2.45, 2.75) is 26.8 Å². The largest absolute Gasteiger partial charge is 0.497 e. The van der Waals surface area contributed by atoms with E-state index in [-0.39, 0.29) is 6.04 Å². The van der Waals surface area contributed by atoms with Gasteiger partial charge in [0.25, 0.3) is 0 Å². The van der Waals surface area contributed by atoms with Crippen molar-refractivity contribution in [3.8, 4) is 17.0 Å². The molecular formula is C18H23N5O. The molecule has 0 fully saturated rings. The average molecular weight is 325 g/mol. The maximum atomic E-state index is 5.24. The molecule has 0 saturated carbocycles. The van der Waals surface area contributed by atoms with Gasteiger partial charge in [0, 0.05) is 17.7 Å². The van der Waals surface area contributed by atoms with E-state index in [4.69, 9.17) is 4.74 Å². The molecule has 6 heteroatoms. The molecule has 0 aliphatic carbocycles. The second-order valence-corrected chi connectivity index (χ2v) is 5.77. The topological polar surface area (TPSA) is 74.3 Å². The summed E-state index contributed by atoms with van der Waals surface area (Å²) in [5.74, 6) is 1.68. The summed E-state index contributed by atoms with van der Waals surface area (Å²) in [6.07, 6.45) is 2.16. The minimum Gasteiger partial charge on any atom is -0.497 e. The quantitative estimate of drug-likeness (QED) is 0.789. The van der Waals surface area contributed by atoms with Gasteiger partial charge in [0.2, 0.25) is 0 Å². The smallest absolute Gasteiger partial charge is 0.155 e. The first-order valence-electron chi connectivity index (χ1n) is 8.12. The van der Waals surface area contributed by atoms with E-state index in [1.165, 1.54) is 5.57 Å². The number of nitrogens with zero attached hydrogens (tertiary/aromatic N) is 2. The van der Waals surface area contributed by atoms with Crippen molar-refractivity contribution in [3.63, 3.8) is 0 Å². The Morgan fingerprint density at radius 1 is 1.29 bits per heavy atom. The first kappa shape index (κ1) is 16.1. The number of rotatable bonds is 5. The molecule has 1 unspecified atom stereocenters. The molecule has 1 atom stereocenters. The molecule has 3 rings (SSSR count). The van der Waals surface area contributed by atoms with Crippen LogP contribution in [0.15, 0.2) is 34.9 Å². The van der Waals surface area contributed by atoms with Gasteiger partial charge in [0.15, 0.2) is 5.82 Å². The lowest BCUT2D eigenvalue weighted by Crippen LogP contribution is -2.16. The molecule has 1 aliphatic heterocycles. The summed E-state index contributed by atoms with van der Waals surface area (Å²) in [5, 5.41) is 15.2. The molecule has 1 aromatic carbocycles. The van der Waals surface area contributed by atoms with Crippen molar-refractivity contribution in [1.29, 1.82) is 0 Å². The zero-order valence-corrected chi connectivity index (χ0v) is 14.5. The predicted molar refractivity (Wildman–Crippen MR) is 98.4 cm³/mol. The molecule has 2 aromatic rings. The number of ether oxygens (including phenoxy) is 1. The molecule has 24 heavy (non-hydrogen) atoms. The molecule has 126 valence electrons. The summed E-state index contributed by atoms with van der Waals surface area (Å²) < 4.78 is 5.24. The Kier molecular flexibility index (Phi) is 4.55. The van der Waals surface area contributed by atoms with E-state index in [9.17, 15) is 0 Å². The van der Waals surface area contributed by atoms with Crippen molar-refractivity contribution in [3.05, 3.63) is 35.4 Å². The van der Waals surface area contributed by atoms with Gasteiger partial charge in [-0.3, -0.25) is 5.10 Å². The lowest BCUT2D eigenvalue weighted by Gasteiger charge is -2.08. The van der Waals surface area contributed by atoms with Crippen LogP contribution in [0.3, 0.4) is 0 Å². The van der Waals surface area contributed by atoms with Gasteiger partial charge in [-0.05, 0) is 56.7 Å².